The second-order valence-electron chi connectivity index (χ2n) is 5.13. The number of hydrogen-bond donors (Lipinski definition) is 0. The number of benzene rings is 1. The largest absolute Gasteiger partial charge is 0.371 e. The fourth-order valence-corrected chi connectivity index (χ4v) is 3.09. The minimum atomic E-state index is 0.793. The van der Waals surface area contributed by atoms with Crippen LogP contribution in [0, 0.1) is 5.92 Å². The van der Waals surface area contributed by atoms with Crippen molar-refractivity contribution in [3.8, 4) is 0 Å². The summed E-state index contributed by atoms with van der Waals surface area (Å²) in [6.07, 6.45) is 5.18. The summed E-state index contributed by atoms with van der Waals surface area (Å²) >= 11 is 3.50. The molecule has 0 saturated carbocycles. The molecule has 2 rings (SSSR count). The van der Waals surface area contributed by atoms with Crippen molar-refractivity contribution in [2.45, 2.75) is 32.6 Å². The van der Waals surface area contributed by atoms with E-state index in [0.29, 0.717) is 0 Å². The number of halogens is 1. The van der Waals surface area contributed by atoms with Gasteiger partial charge in [0.05, 0.1) is 0 Å². The number of anilines is 1. The quantitative estimate of drug-likeness (QED) is 0.580. The molecule has 94 valence electrons. The molecule has 0 aliphatic carbocycles. The van der Waals surface area contributed by atoms with Crippen LogP contribution in [0.5, 0.6) is 0 Å². The predicted octanol–water partition coefficient (Wildman–Crippen LogP) is 4.25. The summed E-state index contributed by atoms with van der Waals surface area (Å²) in [5, 5.41) is 1.14. The Balaban J connectivity index is 1.97. The van der Waals surface area contributed by atoms with Crippen LogP contribution in [-0.4, -0.2) is 18.4 Å². The maximum atomic E-state index is 3.50. The van der Waals surface area contributed by atoms with Crippen molar-refractivity contribution in [1.29, 1.82) is 0 Å². The van der Waals surface area contributed by atoms with Crippen LogP contribution >= 0.6 is 15.9 Å². The maximum Gasteiger partial charge on any atom is 0.0398 e. The fraction of sp³-hybridized carbons (Fsp3) is 0.600. The lowest BCUT2D eigenvalue weighted by Gasteiger charge is -2.35. The van der Waals surface area contributed by atoms with Gasteiger partial charge in [0.2, 0.25) is 0 Å². The summed E-state index contributed by atoms with van der Waals surface area (Å²) in [6.45, 7) is 4.81. The van der Waals surface area contributed by atoms with Crippen molar-refractivity contribution in [1.82, 2.24) is 0 Å². The Bertz CT molecular complexity index is 351. The average molecular weight is 296 g/mol. The molecule has 0 saturated heterocycles. The van der Waals surface area contributed by atoms with E-state index in [2.05, 4.69) is 52.0 Å². The van der Waals surface area contributed by atoms with E-state index in [4.69, 9.17) is 0 Å². The van der Waals surface area contributed by atoms with Crippen LogP contribution in [0.25, 0.3) is 0 Å². The van der Waals surface area contributed by atoms with Crippen LogP contribution < -0.4 is 4.90 Å². The summed E-state index contributed by atoms with van der Waals surface area (Å²) in [7, 11) is 0. The number of rotatable bonds is 5. The molecule has 1 aliphatic heterocycles. The first kappa shape index (κ1) is 12.9. The van der Waals surface area contributed by atoms with E-state index in [1.54, 1.807) is 0 Å². The van der Waals surface area contributed by atoms with E-state index in [0.717, 1.165) is 11.2 Å². The molecule has 1 aromatic carbocycles. The molecule has 1 aromatic rings. The Morgan fingerprint density at radius 3 is 2.88 bits per heavy atom. The minimum Gasteiger partial charge on any atom is -0.371 e. The molecule has 0 amide bonds. The first-order valence-electron chi connectivity index (χ1n) is 6.70. The standard InChI is InChI=1S/C15H22BrN/c1-13-11-14-7-3-4-8-15(14)17(12-13)10-6-2-5-9-16/h3-4,7-8,13H,2,5-6,9-12H2,1H3. The Labute approximate surface area is 113 Å². The lowest BCUT2D eigenvalue weighted by Crippen LogP contribution is -2.34. The molecule has 0 spiro atoms. The van der Waals surface area contributed by atoms with Crippen molar-refractivity contribution >= 4 is 21.6 Å². The minimum absolute atomic E-state index is 0.793. The summed E-state index contributed by atoms with van der Waals surface area (Å²) in [6, 6.07) is 8.91. The van der Waals surface area contributed by atoms with E-state index in [-0.39, 0.29) is 0 Å². The van der Waals surface area contributed by atoms with Crippen molar-refractivity contribution in [2.75, 3.05) is 23.3 Å². The zero-order chi connectivity index (χ0) is 12.1. The number of nitrogens with zero attached hydrogens (tertiary/aromatic N) is 1. The van der Waals surface area contributed by atoms with Gasteiger partial charge in [-0.05, 0) is 36.8 Å². The molecule has 1 heterocycles. The van der Waals surface area contributed by atoms with Gasteiger partial charge in [-0.3, -0.25) is 0 Å². The topological polar surface area (TPSA) is 3.24 Å². The van der Waals surface area contributed by atoms with E-state index in [9.17, 15) is 0 Å². The summed E-state index contributed by atoms with van der Waals surface area (Å²) in [5.74, 6) is 0.793. The molecular formula is C15H22BrN. The van der Waals surface area contributed by atoms with Gasteiger partial charge in [0.15, 0.2) is 0 Å². The first-order chi connectivity index (χ1) is 8.31. The summed E-state index contributed by atoms with van der Waals surface area (Å²) in [4.78, 5) is 2.58. The number of fused-ring (bicyclic) bond motifs is 1. The Hall–Kier alpha value is -0.500. The molecule has 0 fully saturated rings. The van der Waals surface area contributed by atoms with E-state index in [1.807, 2.05) is 0 Å². The number of alkyl halides is 1. The molecule has 1 atom stereocenters. The fourth-order valence-electron chi connectivity index (χ4n) is 2.69. The molecular weight excluding hydrogens is 274 g/mol. The van der Waals surface area contributed by atoms with Crippen molar-refractivity contribution in [3.05, 3.63) is 29.8 Å². The average Bonchev–Trinajstić information content (AvgIpc) is 2.34. The monoisotopic (exact) mass is 295 g/mol. The smallest absolute Gasteiger partial charge is 0.0398 e. The Kier molecular flexibility index (Phi) is 4.90. The maximum absolute atomic E-state index is 3.50. The molecule has 0 radical (unpaired) electrons. The Morgan fingerprint density at radius 2 is 2.06 bits per heavy atom. The van der Waals surface area contributed by atoms with Crippen molar-refractivity contribution in [2.24, 2.45) is 5.92 Å². The van der Waals surface area contributed by atoms with Gasteiger partial charge in [-0.1, -0.05) is 47.5 Å². The predicted molar refractivity (Wildman–Crippen MR) is 79.2 cm³/mol. The zero-order valence-electron chi connectivity index (χ0n) is 10.7. The van der Waals surface area contributed by atoms with Crippen molar-refractivity contribution in [3.63, 3.8) is 0 Å². The Morgan fingerprint density at radius 1 is 1.24 bits per heavy atom. The molecule has 0 aromatic heterocycles. The van der Waals surface area contributed by atoms with E-state index >= 15 is 0 Å². The highest BCUT2D eigenvalue weighted by atomic mass is 79.9. The van der Waals surface area contributed by atoms with Crippen LogP contribution in [0.1, 0.15) is 31.7 Å². The molecule has 0 bridgehead atoms. The lowest BCUT2D eigenvalue weighted by molar-refractivity contribution is 0.522. The lowest BCUT2D eigenvalue weighted by atomic mass is 9.94. The van der Waals surface area contributed by atoms with Crippen LogP contribution in [0.2, 0.25) is 0 Å². The van der Waals surface area contributed by atoms with Crippen LogP contribution in [-0.2, 0) is 6.42 Å². The summed E-state index contributed by atoms with van der Waals surface area (Å²) < 4.78 is 0. The SMILES string of the molecule is CC1Cc2ccccc2N(CCCCCBr)C1. The number of para-hydroxylation sites is 1. The van der Waals surface area contributed by atoms with Gasteiger partial charge in [-0.15, -0.1) is 0 Å². The van der Waals surface area contributed by atoms with Gasteiger partial charge in [-0.2, -0.15) is 0 Å². The molecule has 1 aliphatic rings. The first-order valence-corrected chi connectivity index (χ1v) is 7.82. The van der Waals surface area contributed by atoms with Gasteiger partial charge in [0, 0.05) is 24.1 Å². The number of unbranched alkanes of at least 4 members (excludes halogenated alkanes) is 2. The van der Waals surface area contributed by atoms with E-state index < -0.39 is 0 Å². The molecule has 2 heteroatoms. The van der Waals surface area contributed by atoms with E-state index in [1.165, 1.54) is 50.0 Å². The van der Waals surface area contributed by atoms with Gasteiger partial charge < -0.3 is 4.90 Å². The second-order valence-corrected chi connectivity index (χ2v) is 5.93. The van der Waals surface area contributed by atoms with Crippen LogP contribution in [0.15, 0.2) is 24.3 Å². The second kappa shape index (κ2) is 6.44. The highest BCUT2D eigenvalue weighted by Crippen LogP contribution is 2.29. The normalized spacial score (nSPS) is 19.2. The highest BCUT2D eigenvalue weighted by Gasteiger charge is 2.20. The zero-order valence-corrected chi connectivity index (χ0v) is 12.2. The third kappa shape index (κ3) is 3.48. The summed E-state index contributed by atoms with van der Waals surface area (Å²) in [5.41, 5.74) is 3.01. The molecule has 1 unspecified atom stereocenters. The van der Waals surface area contributed by atoms with Gasteiger partial charge in [0.1, 0.15) is 0 Å². The third-order valence-corrected chi connectivity index (χ3v) is 4.06. The molecule has 1 nitrogen and oxygen atoms in total. The third-order valence-electron chi connectivity index (χ3n) is 3.49. The van der Waals surface area contributed by atoms with Crippen LogP contribution in [0.3, 0.4) is 0 Å². The van der Waals surface area contributed by atoms with Crippen molar-refractivity contribution < 1.29 is 0 Å². The highest BCUT2D eigenvalue weighted by molar-refractivity contribution is 9.09. The van der Waals surface area contributed by atoms with Gasteiger partial charge >= 0.3 is 0 Å². The molecule has 0 N–H and O–H groups in total. The number of hydrogen-bond acceptors (Lipinski definition) is 1. The van der Waals surface area contributed by atoms with Gasteiger partial charge in [-0.25, -0.2) is 0 Å². The van der Waals surface area contributed by atoms with Crippen LogP contribution in [0.4, 0.5) is 5.69 Å². The van der Waals surface area contributed by atoms with Gasteiger partial charge in [0.25, 0.3) is 0 Å². The molecule has 17 heavy (non-hydrogen) atoms.